The standard InChI is InChI=1S/C20H38N4O2/c1-4-7-11-17(21)20-23-18(16-26-20)19(25)22-12-10-15-24(13-8-5-2)14-9-6-3/h16-17H,4-15,21H2,1-3H3,(H,22,25). The van der Waals surface area contributed by atoms with Crippen molar-refractivity contribution < 1.29 is 9.21 Å². The minimum absolute atomic E-state index is 0.184. The van der Waals surface area contributed by atoms with Crippen LogP contribution in [-0.4, -0.2) is 42.0 Å². The SMILES string of the molecule is CCCCC(N)c1nc(C(=O)NCCCN(CCCC)CCCC)co1. The summed E-state index contributed by atoms with van der Waals surface area (Å²) in [6, 6.07) is -0.234. The van der Waals surface area contributed by atoms with Crippen LogP contribution in [0, 0.1) is 0 Å². The third-order valence-corrected chi connectivity index (χ3v) is 4.53. The second kappa shape index (κ2) is 13.8. The Kier molecular flexibility index (Phi) is 12.0. The summed E-state index contributed by atoms with van der Waals surface area (Å²) < 4.78 is 5.37. The number of amides is 1. The van der Waals surface area contributed by atoms with E-state index < -0.39 is 0 Å². The van der Waals surface area contributed by atoms with E-state index in [0.29, 0.717) is 18.1 Å². The van der Waals surface area contributed by atoms with Crippen LogP contribution in [-0.2, 0) is 0 Å². The molecule has 0 radical (unpaired) electrons. The van der Waals surface area contributed by atoms with Gasteiger partial charge in [0.15, 0.2) is 5.69 Å². The summed E-state index contributed by atoms with van der Waals surface area (Å²) in [7, 11) is 0. The highest BCUT2D eigenvalue weighted by Gasteiger charge is 2.16. The molecule has 1 rings (SSSR count). The van der Waals surface area contributed by atoms with Gasteiger partial charge < -0.3 is 20.4 Å². The van der Waals surface area contributed by atoms with Gasteiger partial charge in [0.25, 0.3) is 5.91 Å². The highest BCUT2D eigenvalue weighted by Crippen LogP contribution is 2.16. The van der Waals surface area contributed by atoms with Gasteiger partial charge in [0.1, 0.15) is 6.26 Å². The maximum atomic E-state index is 12.2. The van der Waals surface area contributed by atoms with Crippen LogP contribution in [0.3, 0.4) is 0 Å². The lowest BCUT2D eigenvalue weighted by Crippen LogP contribution is -2.31. The van der Waals surface area contributed by atoms with Crippen LogP contribution in [0.1, 0.15) is 94.6 Å². The highest BCUT2D eigenvalue weighted by atomic mass is 16.3. The predicted molar refractivity (Wildman–Crippen MR) is 106 cm³/mol. The van der Waals surface area contributed by atoms with Crippen LogP contribution >= 0.6 is 0 Å². The van der Waals surface area contributed by atoms with Crippen molar-refractivity contribution in [3.05, 3.63) is 17.8 Å². The van der Waals surface area contributed by atoms with Gasteiger partial charge in [-0.2, -0.15) is 0 Å². The molecule has 0 fully saturated rings. The van der Waals surface area contributed by atoms with E-state index in [2.05, 4.69) is 36.0 Å². The zero-order chi connectivity index (χ0) is 19.2. The number of hydrogen-bond acceptors (Lipinski definition) is 5. The molecule has 6 heteroatoms. The molecule has 1 aromatic rings. The molecule has 1 heterocycles. The van der Waals surface area contributed by atoms with Crippen molar-refractivity contribution >= 4 is 5.91 Å². The Morgan fingerprint density at radius 3 is 2.35 bits per heavy atom. The zero-order valence-corrected chi connectivity index (χ0v) is 16.9. The van der Waals surface area contributed by atoms with Gasteiger partial charge in [-0.3, -0.25) is 4.79 Å². The largest absolute Gasteiger partial charge is 0.446 e. The Balaban J connectivity index is 2.33. The van der Waals surface area contributed by atoms with E-state index in [-0.39, 0.29) is 11.9 Å². The molecule has 0 aromatic carbocycles. The first-order chi connectivity index (χ1) is 12.6. The molecule has 0 bridgehead atoms. The summed E-state index contributed by atoms with van der Waals surface area (Å²) in [4.78, 5) is 18.9. The van der Waals surface area contributed by atoms with Gasteiger partial charge in [-0.1, -0.05) is 46.5 Å². The third-order valence-electron chi connectivity index (χ3n) is 4.53. The van der Waals surface area contributed by atoms with Crippen LogP contribution in [0.5, 0.6) is 0 Å². The Bertz CT molecular complexity index is 482. The molecule has 0 saturated carbocycles. The number of rotatable bonds is 15. The van der Waals surface area contributed by atoms with Gasteiger partial charge in [0.2, 0.25) is 5.89 Å². The average molecular weight is 367 g/mol. The van der Waals surface area contributed by atoms with Crippen LogP contribution in [0.2, 0.25) is 0 Å². The molecule has 0 spiro atoms. The van der Waals surface area contributed by atoms with Crippen molar-refractivity contribution in [3.63, 3.8) is 0 Å². The Morgan fingerprint density at radius 1 is 1.12 bits per heavy atom. The fourth-order valence-corrected chi connectivity index (χ4v) is 2.80. The van der Waals surface area contributed by atoms with Gasteiger partial charge in [0.05, 0.1) is 6.04 Å². The summed E-state index contributed by atoms with van der Waals surface area (Å²) in [6.45, 7) is 10.5. The van der Waals surface area contributed by atoms with Gasteiger partial charge in [-0.05, 0) is 45.3 Å². The fourth-order valence-electron chi connectivity index (χ4n) is 2.80. The van der Waals surface area contributed by atoms with Crippen molar-refractivity contribution in [3.8, 4) is 0 Å². The van der Waals surface area contributed by atoms with E-state index in [4.69, 9.17) is 10.2 Å². The minimum Gasteiger partial charge on any atom is -0.446 e. The molecule has 6 nitrogen and oxygen atoms in total. The van der Waals surface area contributed by atoms with Gasteiger partial charge in [-0.15, -0.1) is 0 Å². The second-order valence-corrected chi connectivity index (χ2v) is 6.98. The van der Waals surface area contributed by atoms with E-state index in [0.717, 1.165) is 45.3 Å². The molecule has 0 aliphatic rings. The van der Waals surface area contributed by atoms with Crippen molar-refractivity contribution in [2.75, 3.05) is 26.2 Å². The summed E-state index contributed by atoms with van der Waals surface area (Å²) in [5, 5.41) is 2.93. The Morgan fingerprint density at radius 2 is 1.73 bits per heavy atom. The molecule has 1 aromatic heterocycles. The topological polar surface area (TPSA) is 84.4 Å². The second-order valence-electron chi connectivity index (χ2n) is 6.98. The van der Waals surface area contributed by atoms with Crippen LogP contribution in [0.15, 0.2) is 10.7 Å². The van der Waals surface area contributed by atoms with E-state index in [1.165, 1.54) is 31.9 Å². The van der Waals surface area contributed by atoms with Crippen LogP contribution in [0.25, 0.3) is 0 Å². The molecule has 1 unspecified atom stereocenters. The number of unbranched alkanes of at least 4 members (excludes halogenated alkanes) is 3. The number of oxazole rings is 1. The number of carbonyl (C=O) groups is 1. The fraction of sp³-hybridized carbons (Fsp3) is 0.800. The summed E-state index contributed by atoms with van der Waals surface area (Å²) in [5.41, 5.74) is 6.36. The first-order valence-corrected chi connectivity index (χ1v) is 10.3. The summed E-state index contributed by atoms with van der Waals surface area (Å²) >= 11 is 0. The van der Waals surface area contributed by atoms with E-state index in [1.807, 2.05) is 0 Å². The number of nitrogens with one attached hydrogen (secondary N) is 1. The maximum absolute atomic E-state index is 12.2. The zero-order valence-electron chi connectivity index (χ0n) is 16.9. The highest BCUT2D eigenvalue weighted by molar-refractivity contribution is 5.91. The van der Waals surface area contributed by atoms with Crippen molar-refractivity contribution in [1.82, 2.24) is 15.2 Å². The van der Waals surface area contributed by atoms with E-state index in [9.17, 15) is 4.79 Å². The van der Waals surface area contributed by atoms with Crippen LogP contribution < -0.4 is 11.1 Å². The lowest BCUT2D eigenvalue weighted by atomic mass is 10.1. The Hall–Kier alpha value is -1.40. The van der Waals surface area contributed by atoms with Gasteiger partial charge >= 0.3 is 0 Å². The van der Waals surface area contributed by atoms with Gasteiger partial charge in [-0.25, -0.2) is 4.98 Å². The van der Waals surface area contributed by atoms with Crippen molar-refractivity contribution in [2.45, 2.75) is 78.2 Å². The smallest absolute Gasteiger partial charge is 0.273 e. The molecular weight excluding hydrogens is 328 g/mol. The first kappa shape index (κ1) is 22.6. The summed E-state index contributed by atoms with van der Waals surface area (Å²) in [5.74, 6) is 0.269. The number of nitrogens with zero attached hydrogens (tertiary/aromatic N) is 2. The maximum Gasteiger partial charge on any atom is 0.273 e. The van der Waals surface area contributed by atoms with Crippen molar-refractivity contribution in [2.24, 2.45) is 5.73 Å². The van der Waals surface area contributed by atoms with Gasteiger partial charge in [0, 0.05) is 6.54 Å². The van der Waals surface area contributed by atoms with Crippen molar-refractivity contribution in [1.29, 1.82) is 0 Å². The molecule has 0 saturated heterocycles. The average Bonchev–Trinajstić information content (AvgIpc) is 3.14. The number of carbonyl (C=O) groups excluding carboxylic acids is 1. The quantitative estimate of drug-likeness (QED) is 0.460. The molecule has 0 aliphatic heterocycles. The molecule has 0 aliphatic carbocycles. The number of nitrogens with two attached hydrogens (primary N) is 1. The Labute approximate surface area is 158 Å². The third kappa shape index (κ3) is 8.81. The number of hydrogen-bond donors (Lipinski definition) is 2. The number of aromatic nitrogens is 1. The minimum atomic E-state index is -0.234. The first-order valence-electron chi connectivity index (χ1n) is 10.3. The lowest BCUT2D eigenvalue weighted by molar-refractivity contribution is 0.0946. The van der Waals surface area contributed by atoms with E-state index >= 15 is 0 Å². The molecule has 150 valence electrons. The normalized spacial score (nSPS) is 12.5. The van der Waals surface area contributed by atoms with E-state index in [1.54, 1.807) is 0 Å². The molecule has 3 N–H and O–H groups in total. The molecule has 1 amide bonds. The van der Waals surface area contributed by atoms with Crippen LogP contribution in [0.4, 0.5) is 0 Å². The lowest BCUT2D eigenvalue weighted by Gasteiger charge is -2.21. The summed E-state index contributed by atoms with van der Waals surface area (Å²) in [6.07, 6.45) is 10.2. The predicted octanol–water partition coefficient (Wildman–Crippen LogP) is 3.89. The molecule has 1 atom stereocenters. The molecule has 26 heavy (non-hydrogen) atoms. The monoisotopic (exact) mass is 366 g/mol. The molecular formula is C20H38N4O2.